The molecule has 1 saturated carbocycles. The third-order valence-electron chi connectivity index (χ3n) is 5.74. The van der Waals surface area contributed by atoms with Gasteiger partial charge < -0.3 is 4.74 Å². The van der Waals surface area contributed by atoms with Gasteiger partial charge in [0.1, 0.15) is 5.75 Å². The van der Waals surface area contributed by atoms with Gasteiger partial charge in [0, 0.05) is 18.0 Å². The maximum Gasteiger partial charge on any atom is 0.343 e. The number of aromatic nitrogens is 2. The smallest absolute Gasteiger partial charge is 0.343 e. The second kappa shape index (κ2) is 8.56. The summed E-state index contributed by atoms with van der Waals surface area (Å²) in [7, 11) is 0. The highest BCUT2D eigenvalue weighted by Gasteiger charge is 2.20. The monoisotopic (exact) mass is 386 g/mol. The standard InChI is InChI=1S/C25H26N2O2/c1-17-3-5-19(6-4-17)20-7-9-22(10-8-20)25(28)29-23-13-11-21(12-14-23)24-26-15-18(2)16-27-24/h7-17,19H,3-6H2,1-2H3. The summed E-state index contributed by atoms with van der Waals surface area (Å²) >= 11 is 0. The third kappa shape index (κ3) is 4.70. The fraction of sp³-hybridized carbons (Fsp3) is 0.320. The first-order chi connectivity index (χ1) is 14.1. The second-order valence-electron chi connectivity index (χ2n) is 8.08. The first-order valence-corrected chi connectivity index (χ1v) is 10.3. The van der Waals surface area contributed by atoms with Crippen LogP contribution in [0.2, 0.25) is 0 Å². The van der Waals surface area contributed by atoms with Crippen molar-refractivity contribution in [2.75, 3.05) is 0 Å². The molecule has 0 unspecified atom stereocenters. The molecule has 1 aliphatic rings. The Bertz CT molecular complexity index is 955. The average molecular weight is 386 g/mol. The molecule has 2 aromatic carbocycles. The fourth-order valence-electron chi connectivity index (χ4n) is 3.86. The number of ether oxygens (including phenoxy) is 1. The van der Waals surface area contributed by atoms with Gasteiger partial charge in [-0.25, -0.2) is 14.8 Å². The zero-order valence-electron chi connectivity index (χ0n) is 17.0. The van der Waals surface area contributed by atoms with Gasteiger partial charge in [0.05, 0.1) is 5.56 Å². The van der Waals surface area contributed by atoms with Crippen molar-refractivity contribution in [3.05, 3.63) is 77.6 Å². The van der Waals surface area contributed by atoms with E-state index in [2.05, 4.69) is 29.0 Å². The molecule has 0 N–H and O–H groups in total. The number of benzene rings is 2. The minimum Gasteiger partial charge on any atom is -0.423 e. The van der Waals surface area contributed by atoms with E-state index in [1.807, 2.05) is 31.2 Å². The number of carbonyl (C=O) groups is 1. The van der Waals surface area contributed by atoms with Crippen LogP contribution in [0, 0.1) is 12.8 Å². The van der Waals surface area contributed by atoms with Crippen molar-refractivity contribution in [3.63, 3.8) is 0 Å². The summed E-state index contributed by atoms with van der Waals surface area (Å²) in [6.07, 6.45) is 8.63. The molecule has 1 aliphatic carbocycles. The molecule has 0 aliphatic heterocycles. The molecule has 1 heterocycles. The summed E-state index contributed by atoms with van der Waals surface area (Å²) in [6, 6.07) is 15.2. The van der Waals surface area contributed by atoms with Crippen molar-refractivity contribution < 1.29 is 9.53 Å². The number of aryl methyl sites for hydroxylation is 1. The Labute approximate surface area is 172 Å². The average Bonchev–Trinajstić information content (AvgIpc) is 2.76. The lowest BCUT2D eigenvalue weighted by Gasteiger charge is -2.26. The first kappa shape index (κ1) is 19.3. The van der Waals surface area contributed by atoms with Crippen LogP contribution in [-0.4, -0.2) is 15.9 Å². The van der Waals surface area contributed by atoms with Gasteiger partial charge in [-0.1, -0.05) is 31.9 Å². The summed E-state index contributed by atoms with van der Waals surface area (Å²) in [5, 5.41) is 0. The van der Waals surface area contributed by atoms with Crippen LogP contribution < -0.4 is 4.74 Å². The Hall–Kier alpha value is -3.01. The number of hydrogen-bond donors (Lipinski definition) is 0. The highest BCUT2D eigenvalue weighted by atomic mass is 16.5. The highest BCUT2D eigenvalue weighted by Crippen LogP contribution is 2.35. The van der Waals surface area contributed by atoms with E-state index in [9.17, 15) is 4.79 Å². The Kier molecular flexibility index (Phi) is 5.70. The predicted octanol–water partition coefficient (Wildman–Crippen LogP) is 5.96. The third-order valence-corrected chi connectivity index (χ3v) is 5.74. The number of carbonyl (C=O) groups excluding carboxylic acids is 1. The van der Waals surface area contributed by atoms with Crippen molar-refractivity contribution in [2.24, 2.45) is 5.92 Å². The quantitative estimate of drug-likeness (QED) is 0.410. The molecule has 1 aromatic heterocycles. The van der Waals surface area contributed by atoms with E-state index in [-0.39, 0.29) is 5.97 Å². The predicted molar refractivity (Wildman–Crippen MR) is 114 cm³/mol. The molecule has 148 valence electrons. The van der Waals surface area contributed by atoms with Gasteiger partial charge in [0.15, 0.2) is 5.82 Å². The van der Waals surface area contributed by atoms with E-state index in [0.717, 1.165) is 17.0 Å². The van der Waals surface area contributed by atoms with Crippen LogP contribution in [-0.2, 0) is 0 Å². The molecule has 0 amide bonds. The van der Waals surface area contributed by atoms with E-state index < -0.39 is 0 Å². The SMILES string of the molecule is Cc1cnc(-c2ccc(OC(=O)c3ccc(C4CCC(C)CC4)cc3)cc2)nc1. The van der Waals surface area contributed by atoms with Crippen LogP contribution in [0.15, 0.2) is 60.9 Å². The molecule has 0 radical (unpaired) electrons. The maximum atomic E-state index is 12.5. The van der Waals surface area contributed by atoms with Crippen molar-refractivity contribution in [1.29, 1.82) is 0 Å². The van der Waals surface area contributed by atoms with E-state index in [4.69, 9.17) is 4.74 Å². The molecular formula is C25H26N2O2. The molecule has 4 rings (SSSR count). The summed E-state index contributed by atoms with van der Waals surface area (Å²) in [5.41, 5.74) is 3.80. The summed E-state index contributed by atoms with van der Waals surface area (Å²) in [5.74, 6) is 2.28. The van der Waals surface area contributed by atoms with Crippen molar-refractivity contribution in [3.8, 4) is 17.1 Å². The molecule has 4 nitrogen and oxygen atoms in total. The van der Waals surface area contributed by atoms with Crippen molar-refractivity contribution >= 4 is 5.97 Å². The Morgan fingerprint density at radius 2 is 1.52 bits per heavy atom. The van der Waals surface area contributed by atoms with E-state index in [1.54, 1.807) is 24.5 Å². The van der Waals surface area contributed by atoms with E-state index in [1.165, 1.54) is 31.2 Å². The van der Waals surface area contributed by atoms with Gasteiger partial charge in [0.25, 0.3) is 0 Å². The zero-order chi connectivity index (χ0) is 20.2. The Balaban J connectivity index is 1.39. The molecule has 0 bridgehead atoms. The Morgan fingerprint density at radius 1 is 0.897 bits per heavy atom. The summed E-state index contributed by atoms with van der Waals surface area (Å²) < 4.78 is 5.53. The Morgan fingerprint density at radius 3 is 2.14 bits per heavy atom. The van der Waals surface area contributed by atoms with Crippen molar-refractivity contribution in [2.45, 2.75) is 45.4 Å². The van der Waals surface area contributed by atoms with Crippen LogP contribution in [0.4, 0.5) is 0 Å². The molecule has 0 saturated heterocycles. The molecule has 3 aromatic rings. The minimum absolute atomic E-state index is 0.340. The van der Waals surface area contributed by atoms with Gasteiger partial charge in [-0.2, -0.15) is 0 Å². The second-order valence-corrected chi connectivity index (χ2v) is 8.08. The number of nitrogens with zero attached hydrogens (tertiary/aromatic N) is 2. The zero-order valence-corrected chi connectivity index (χ0v) is 17.0. The molecule has 0 spiro atoms. The van der Waals surface area contributed by atoms with Gasteiger partial charge in [-0.15, -0.1) is 0 Å². The number of hydrogen-bond acceptors (Lipinski definition) is 4. The summed E-state index contributed by atoms with van der Waals surface area (Å²) in [6.45, 7) is 4.28. The highest BCUT2D eigenvalue weighted by molar-refractivity contribution is 5.91. The number of esters is 1. The van der Waals surface area contributed by atoms with Crippen LogP contribution in [0.25, 0.3) is 11.4 Å². The molecule has 4 heteroatoms. The van der Waals surface area contributed by atoms with Crippen LogP contribution >= 0.6 is 0 Å². The molecule has 1 fully saturated rings. The topological polar surface area (TPSA) is 52.1 Å². The first-order valence-electron chi connectivity index (χ1n) is 10.3. The molecular weight excluding hydrogens is 360 g/mol. The van der Waals surface area contributed by atoms with Gasteiger partial charge in [-0.3, -0.25) is 0 Å². The normalized spacial score (nSPS) is 19.0. The van der Waals surface area contributed by atoms with Crippen molar-refractivity contribution in [1.82, 2.24) is 9.97 Å². The number of rotatable bonds is 4. The van der Waals surface area contributed by atoms with E-state index >= 15 is 0 Å². The fourth-order valence-corrected chi connectivity index (χ4v) is 3.86. The lowest BCUT2D eigenvalue weighted by atomic mass is 9.79. The molecule has 29 heavy (non-hydrogen) atoms. The van der Waals surface area contributed by atoms with Gasteiger partial charge in [-0.05, 0) is 79.1 Å². The summed E-state index contributed by atoms with van der Waals surface area (Å²) in [4.78, 5) is 21.1. The van der Waals surface area contributed by atoms with Gasteiger partial charge in [0.2, 0.25) is 0 Å². The van der Waals surface area contributed by atoms with Crippen LogP contribution in [0.5, 0.6) is 5.75 Å². The van der Waals surface area contributed by atoms with E-state index in [0.29, 0.717) is 23.1 Å². The maximum absolute atomic E-state index is 12.5. The van der Waals surface area contributed by atoms with Gasteiger partial charge >= 0.3 is 5.97 Å². The lowest BCUT2D eigenvalue weighted by Crippen LogP contribution is -2.12. The van der Waals surface area contributed by atoms with Crippen LogP contribution in [0.3, 0.4) is 0 Å². The molecule has 0 atom stereocenters. The lowest BCUT2D eigenvalue weighted by molar-refractivity contribution is 0.0734. The largest absolute Gasteiger partial charge is 0.423 e. The van der Waals surface area contributed by atoms with Crippen LogP contribution in [0.1, 0.15) is 60.0 Å². The minimum atomic E-state index is -0.340.